The van der Waals surface area contributed by atoms with Gasteiger partial charge in [0.25, 0.3) is 0 Å². The van der Waals surface area contributed by atoms with E-state index in [1.165, 1.54) is 14.2 Å². The molecule has 0 amide bonds. The van der Waals surface area contributed by atoms with Gasteiger partial charge in [-0.1, -0.05) is 27.7 Å². The molecule has 9 heteroatoms. The summed E-state index contributed by atoms with van der Waals surface area (Å²) in [6, 6.07) is 0. The lowest BCUT2D eigenvalue weighted by Gasteiger charge is -2.23. The summed E-state index contributed by atoms with van der Waals surface area (Å²) < 4.78 is 31.8. The number of carbonyl (C=O) groups excluding carboxylic acids is 2. The number of esters is 2. The molecule has 0 radical (unpaired) electrons. The molecule has 0 aromatic carbocycles. The minimum atomic E-state index is -0.892. The van der Waals surface area contributed by atoms with Crippen LogP contribution in [-0.2, 0) is 38.0 Å². The van der Waals surface area contributed by atoms with E-state index in [1.54, 1.807) is 6.92 Å². The summed E-state index contributed by atoms with van der Waals surface area (Å²) in [5.74, 6) is -1.59. The zero-order valence-corrected chi connectivity index (χ0v) is 20.6. The van der Waals surface area contributed by atoms with E-state index in [0.29, 0.717) is 19.4 Å². The molecule has 4 unspecified atom stereocenters. The standard InChI is InChI=1S/C18H32O9.2C2H6/c1-13(5-6-16(20)23-4)26-15(10-22-3)11-24-17(21)7-8-18(2)25-12-14(9-19)27-18;2*1-2/h13-15,19H,5-12H2,1-4H3;2*1-2H3. The van der Waals surface area contributed by atoms with Gasteiger partial charge in [-0.25, -0.2) is 0 Å². The molecule has 31 heavy (non-hydrogen) atoms. The summed E-state index contributed by atoms with van der Waals surface area (Å²) in [6.45, 7) is 12.1. The average molecular weight is 453 g/mol. The van der Waals surface area contributed by atoms with Gasteiger partial charge in [0.1, 0.15) is 18.8 Å². The molecule has 0 aromatic rings. The quantitative estimate of drug-likeness (QED) is 0.422. The molecule has 1 heterocycles. The first-order chi connectivity index (χ1) is 14.8. The second-order valence-electron chi connectivity index (χ2n) is 6.69. The monoisotopic (exact) mass is 452 g/mol. The maximum Gasteiger partial charge on any atom is 0.306 e. The molecule has 0 aliphatic carbocycles. The highest BCUT2D eigenvalue weighted by molar-refractivity contribution is 5.69. The van der Waals surface area contributed by atoms with Crippen LogP contribution in [-0.4, -0.2) is 81.8 Å². The van der Waals surface area contributed by atoms with E-state index in [4.69, 9.17) is 28.8 Å². The van der Waals surface area contributed by atoms with Crippen molar-refractivity contribution in [2.75, 3.05) is 40.6 Å². The molecule has 1 aliphatic heterocycles. The summed E-state index contributed by atoms with van der Waals surface area (Å²) in [7, 11) is 2.87. The number of hydrogen-bond acceptors (Lipinski definition) is 9. The van der Waals surface area contributed by atoms with Crippen LogP contribution in [0.15, 0.2) is 0 Å². The molecule has 1 N–H and O–H groups in total. The second kappa shape index (κ2) is 19.4. The first kappa shape index (κ1) is 31.9. The molecule has 0 aromatic heterocycles. The Morgan fingerprint density at radius 3 is 2.26 bits per heavy atom. The second-order valence-corrected chi connectivity index (χ2v) is 6.69. The van der Waals surface area contributed by atoms with Gasteiger partial charge in [0.05, 0.1) is 39.5 Å². The van der Waals surface area contributed by atoms with Crippen molar-refractivity contribution in [3.63, 3.8) is 0 Å². The van der Waals surface area contributed by atoms with Crippen LogP contribution in [0.4, 0.5) is 0 Å². The molecule has 186 valence electrons. The van der Waals surface area contributed by atoms with Crippen LogP contribution in [0.3, 0.4) is 0 Å². The highest BCUT2D eigenvalue weighted by atomic mass is 16.7. The molecule has 4 atom stereocenters. The highest BCUT2D eigenvalue weighted by Gasteiger charge is 2.37. The van der Waals surface area contributed by atoms with Crippen LogP contribution in [0.1, 0.15) is 67.2 Å². The summed E-state index contributed by atoms with van der Waals surface area (Å²) >= 11 is 0. The molecule has 1 rings (SSSR count). The Hall–Kier alpha value is -1.26. The number of aliphatic hydroxyl groups is 1. The molecule has 0 spiro atoms. The van der Waals surface area contributed by atoms with Gasteiger partial charge in [0, 0.05) is 20.0 Å². The fourth-order valence-electron chi connectivity index (χ4n) is 2.63. The summed E-state index contributed by atoms with van der Waals surface area (Å²) in [5.41, 5.74) is 0. The van der Waals surface area contributed by atoms with Crippen LogP contribution in [0.2, 0.25) is 0 Å². The molecular weight excluding hydrogens is 408 g/mol. The first-order valence-electron chi connectivity index (χ1n) is 11.1. The zero-order chi connectivity index (χ0) is 24.3. The van der Waals surface area contributed by atoms with Gasteiger partial charge in [-0.05, 0) is 20.3 Å². The van der Waals surface area contributed by atoms with Crippen molar-refractivity contribution in [1.29, 1.82) is 0 Å². The maximum atomic E-state index is 12.0. The Balaban J connectivity index is 0. The van der Waals surface area contributed by atoms with E-state index in [1.807, 2.05) is 34.6 Å². The number of rotatable bonds is 13. The molecule has 0 saturated carbocycles. The number of methoxy groups -OCH3 is 2. The Kier molecular flexibility index (Phi) is 20.0. The van der Waals surface area contributed by atoms with E-state index in [-0.39, 0.29) is 50.8 Å². The van der Waals surface area contributed by atoms with Crippen molar-refractivity contribution < 1.29 is 43.1 Å². The predicted molar refractivity (Wildman–Crippen MR) is 117 cm³/mol. The Morgan fingerprint density at radius 1 is 1.10 bits per heavy atom. The summed E-state index contributed by atoms with van der Waals surface area (Å²) in [6.07, 6.45) is 0.194. The molecular formula is C22H44O9. The number of ether oxygens (including phenoxy) is 6. The van der Waals surface area contributed by atoms with Gasteiger partial charge in [-0.3, -0.25) is 9.59 Å². The molecule has 1 aliphatic rings. The minimum absolute atomic E-state index is 0.0485. The number of carbonyl (C=O) groups is 2. The Labute approximate surface area is 187 Å². The third-order valence-corrected chi connectivity index (χ3v) is 4.17. The highest BCUT2D eigenvalue weighted by Crippen LogP contribution is 2.27. The Bertz CT molecular complexity index is 458. The Morgan fingerprint density at radius 2 is 1.74 bits per heavy atom. The zero-order valence-electron chi connectivity index (χ0n) is 20.6. The maximum absolute atomic E-state index is 12.0. The van der Waals surface area contributed by atoms with Gasteiger partial charge in [0.15, 0.2) is 5.79 Å². The largest absolute Gasteiger partial charge is 0.469 e. The number of aliphatic hydroxyl groups excluding tert-OH is 1. The molecule has 0 bridgehead atoms. The van der Waals surface area contributed by atoms with Crippen LogP contribution >= 0.6 is 0 Å². The van der Waals surface area contributed by atoms with Crippen molar-refractivity contribution in [2.24, 2.45) is 0 Å². The lowest BCUT2D eigenvalue weighted by molar-refractivity contribution is -0.172. The topological polar surface area (TPSA) is 110 Å². The predicted octanol–water partition coefficient (Wildman–Crippen LogP) is 2.86. The van der Waals surface area contributed by atoms with Gasteiger partial charge in [-0.2, -0.15) is 0 Å². The van der Waals surface area contributed by atoms with Gasteiger partial charge in [0.2, 0.25) is 0 Å². The van der Waals surface area contributed by atoms with Crippen molar-refractivity contribution in [3.05, 3.63) is 0 Å². The third-order valence-electron chi connectivity index (χ3n) is 4.17. The van der Waals surface area contributed by atoms with Crippen molar-refractivity contribution in [2.45, 2.75) is 91.3 Å². The van der Waals surface area contributed by atoms with Crippen LogP contribution in [0, 0.1) is 0 Å². The van der Waals surface area contributed by atoms with Crippen LogP contribution in [0.25, 0.3) is 0 Å². The van der Waals surface area contributed by atoms with Gasteiger partial charge in [-0.15, -0.1) is 0 Å². The fraction of sp³-hybridized carbons (Fsp3) is 0.909. The summed E-state index contributed by atoms with van der Waals surface area (Å²) in [5, 5.41) is 9.08. The SMILES string of the molecule is CC.CC.COCC(COC(=O)CCC1(C)OCC(CO)O1)OC(C)CCC(=O)OC. The van der Waals surface area contributed by atoms with Crippen LogP contribution < -0.4 is 0 Å². The fourth-order valence-corrected chi connectivity index (χ4v) is 2.63. The lowest BCUT2D eigenvalue weighted by atomic mass is 10.1. The lowest BCUT2D eigenvalue weighted by Crippen LogP contribution is -2.32. The summed E-state index contributed by atoms with van der Waals surface area (Å²) in [4.78, 5) is 23.2. The van der Waals surface area contributed by atoms with Crippen molar-refractivity contribution >= 4 is 11.9 Å². The van der Waals surface area contributed by atoms with E-state index >= 15 is 0 Å². The average Bonchev–Trinajstić information content (AvgIpc) is 3.18. The van der Waals surface area contributed by atoms with Crippen LogP contribution in [0.5, 0.6) is 0 Å². The normalized spacial score (nSPS) is 21.6. The van der Waals surface area contributed by atoms with E-state index in [2.05, 4.69) is 4.74 Å². The smallest absolute Gasteiger partial charge is 0.306 e. The van der Waals surface area contributed by atoms with E-state index in [9.17, 15) is 9.59 Å². The van der Waals surface area contributed by atoms with Crippen molar-refractivity contribution in [1.82, 2.24) is 0 Å². The molecule has 9 nitrogen and oxygen atoms in total. The third kappa shape index (κ3) is 15.2. The van der Waals surface area contributed by atoms with Gasteiger partial charge < -0.3 is 33.5 Å². The first-order valence-corrected chi connectivity index (χ1v) is 11.1. The minimum Gasteiger partial charge on any atom is -0.469 e. The van der Waals surface area contributed by atoms with Gasteiger partial charge >= 0.3 is 11.9 Å². The van der Waals surface area contributed by atoms with Crippen molar-refractivity contribution in [3.8, 4) is 0 Å². The van der Waals surface area contributed by atoms with E-state index in [0.717, 1.165) is 0 Å². The van der Waals surface area contributed by atoms with E-state index < -0.39 is 17.9 Å². The molecule has 1 fully saturated rings. The number of hydrogen-bond donors (Lipinski definition) is 1. The molecule has 1 saturated heterocycles.